The molecule has 0 N–H and O–H groups in total. The Morgan fingerprint density at radius 3 is 2.10 bits per heavy atom. The van der Waals surface area contributed by atoms with E-state index in [0.717, 1.165) is 18.6 Å². The van der Waals surface area contributed by atoms with Crippen molar-refractivity contribution in [3.8, 4) is 5.75 Å². The van der Waals surface area contributed by atoms with Crippen molar-refractivity contribution in [2.45, 2.75) is 65.4 Å². The van der Waals surface area contributed by atoms with Crippen LogP contribution in [0, 0.1) is 5.41 Å². The van der Waals surface area contributed by atoms with E-state index in [1.165, 1.54) is 5.56 Å². The lowest BCUT2D eigenvalue weighted by Gasteiger charge is -2.46. The van der Waals surface area contributed by atoms with Gasteiger partial charge in [-0.15, -0.1) is 0 Å². The van der Waals surface area contributed by atoms with Gasteiger partial charge in [-0.05, 0) is 36.0 Å². The fraction of sp³-hybridized carbons (Fsp3) is 0.611. The third-order valence-corrected chi connectivity index (χ3v) is 4.80. The third kappa shape index (κ3) is 2.48. The molecular formula is C18H26O2. The van der Waals surface area contributed by atoms with E-state index in [9.17, 15) is 4.79 Å². The first-order chi connectivity index (χ1) is 9.33. The van der Waals surface area contributed by atoms with Crippen LogP contribution in [0.4, 0.5) is 0 Å². The molecule has 110 valence electrons. The van der Waals surface area contributed by atoms with E-state index in [1.54, 1.807) is 0 Å². The Balaban J connectivity index is 2.10. The van der Waals surface area contributed by atoms with Gasteiger partial charge in [-0.1, -0.05) is 46.8 Å². The van der Waals surface area contributed by atoms with Crippen LogP contribution in [-0.2, 0) is 10.2 Å². The molecule has 1 aliphatic carbocycles. The average molecular weight is 274 g/mol. The van der Waals surface area contributed by atoms with Crippen molar-refractivity contribution in [2.75, 3.05) is 0 Å². The molecule has 1 saturated carbocycles. The van der Waals surface area contributed by atoms with Crippen molar-refractivity contribution in [1.82, 2.24) is 0 Å². The molecule has 1 atom stereocenters. The molecule has 0 saturated heterocycles. The van der Waals surface area contributed by atoms with Gasteiger partial charge in [0, 0.05) is 6.42 Å². The molecule has 1 aliphatic rings. The standard InChI is InChI=1S/C18H26O2/c1-6-18(7-2)15(19)12-16(18)20-14-10-8-13(9-11-14)17(3,4)5/h8-11,16H,6-7,12H2,1-5H3. The Morgan fingerprint density at radius 1 is 1.15 bits per heavy atom. The molecule has 1 unspecified atom stereocenters. The first-order valence-corrected chi connectivity index (χ1v) is 7.64. The highest BCUT2D eigenvalue weighted by molar-refractivity contribution is 5.92. The van der Waals surface area contributed by atoms with E-state index in [2.05, 4.69) is 46.8 Å². The normalized spacial score (nSPS) is 21.4. The molecular weight excluding hydrogens is 248 g/mol. The highest BCUT2D eigenvalue weighted by atomic mass is 16.5. The number of benzene rings is 1. The Kier molecular flexibility index (Phi) is 3.95. The van der Waals surface area contributed by atoms with E-state index in [4.69, 9.17) is 4.74 Å². The number of hydrogen-bond donors (Lipinski definition) is 0. The van der Waals surface area contributed by atoms with Gasteiger partial charge in [-0.3, -0.25) is 4.79 Å². The van der Waals surface area contributed by atoms with Gasteiger partial charge < -0.3 is 4.74 Å². The van der Waals surface area contributed by atoms with Crippen molar-refractivity contribution in [2.24, 2.45) is 5.41 Å². The highest BCUT2D eigenvalue weighted by Gasteiger charge is 2.53. The van der Waals surface area contributed by atoms with Gasteiger partial charge >= 0.3 is 0 Å². The Hall–Kier alpha value is -1.31. The highest BCUT2D eigenvalue weighted by Crippen LogP contribution is 2.45. The molecule has 0 spiro atoms. The van der Waals surface area contributed by atoms with E-state index < -0.39 is 0 Å². The van der Waals surface area contributed by atoms with Crippen LogP contribution in [0.25, 0.3) is 0 Å². The quantitative estimate of drug-likeness (QED) is 0.807. The fourth-order valence-electron chi connectivity index (χ4n) is 3.07. The molecule has 0 bridgehead atoms. The zero-order chi connectivity index (χ0) is 15.0. The Bertz CT molecular complexity index is 475. The number of carbonyl (C=O) groups is 1. The average Bonchev–Trinajstić information content (AvgIpc) is 2.39. The lowest BCUT2D eigenvalue weighted by molar-refractivity contribution is -0.153. The molecule has 0 radical (unpaired) electrons. The maximum atomic E-state index is 11.9. The van der Waals surface area contributed by atoms with Gasteiger partial charge in [-0.25, -0.2) is 0 Å². The van der Waals surface area contributed by atoms with Gasteiger partial charge in [0.1, 0.15) is 17.6 Å². The summed E-state index contributed by atoms with van der Waals surface area (Å²) in [6.45, 7) is 10.8. The van der Waals surface area contributed by atoms with Crippen LogP contribution in [0.5, 0.6) is 5.75 Å². The van der Waals surface area contributed by atoms with Gasteiger partial charge in [0.05, 0.1) is 5.41 Å². The lowest BCUT2D eigenvalue weighted by atomic mass is 9.61. The van der Waals surface area contributed by atoms with Crippen LogP contribution in [-0.4, -0.2) is 11.9 Å². The summed E-state index contributed by atoms with van der Waals surface area (Å²) in [7, 11) is 0. The summed E-state index contributed by atoms with van der Waals surface area (Å²) in [5, 5.41) is 0. The predicted molar refractivity (Wildman–Crippen MR) is 82.2 cm³/mol. The van der Waals surface area contributed by atoms with Gasteiger partial charge in [-0.2, -0.15) is 0 Å². The van der Waals surface area contributed by atoms with Crippen molar-refractivity contribution in [3.05, 3.63) is 29.8 Å². The monoisotopic (exact) mass is 274 g/mol. The second-order valence-electron chi connectivity index (χ2n) is 6.87. The van der Waals surface area contributed by atoms with Crippen LogP contribution < -0.4 is 4.74 Å². The fourth-order valence-corrected chi connectivity index (χ4v) is 3.07. The number of ether oxygens (including phenoxy) is 1. The molecule has 0 heterocycles. The first-order valence-electron chi connectivity index (χ1n) is 7.64. The van der Waals surface area contributed by atoms with Crippen LogP contribution in [0.1, 0.15) is 59.4 Å². The van der Waals surface area contributed by atoms with Gasteiger partial charge in [0.25, 0.3) is 0 Å². The summed E-state index contributed by atoms with van der Waals surface area (Å²) in [6.07, 6.45) is 2.34. The minimum Gasteiger partial charge on any atom is -0.489 e. The molecule has 1 fully saturated rings. The summed E-state index contributed by atoms with van der Waals surface area (Å²) in [5.74, 6) is 1.24. The summed E-state index contributed by atoms with van der Waals surface area (Å²) >= 11 is 0. The summed E-state index contributed by atoms with van der Waals surface area (Å²) in [4.78, 5) is 11.9. The molecule has 2 rings (SSSR count). The lowest BCUT2D eigenvalue weighted by Crippen LogP contribution is -2.56. The molecule has 1 aromatic carbocycles. The van der Waals surface area contributed by atoms with E-state index in [0.29, 0.717) is 12.2 Å². The molecule has 0 aromatic heterocycles. The van der Waals surface area contributed by atoms with Crippen LogP contribution in [0.3, 0.4) is 0 Å². The molecule has 20 heavy (non-hydrogen) atoms. The maximum absolute atomic E-state index is 11.9. The van der Waals surface area contributed by atoms with Crippen LogP contribution in [0.15, 0.2) is 24.3 Å². The number of Topliss-reactive ketones (excluding diaryl/α,β-unsaturated/α-hetero) is 1. The number of carbonyl (C=O) groups excluding carboxylic acids is 1. The van der Waals surface area contributed by atoms with Gasteiger partial charge in [0.15, 0.2) is 0 Å². The Morgan fingerprint density at radius 2 is 1.70 bits per heavy atom. The second kappa shape index (κ2) is 5.23. The predicted octanol–water partition coefficient (Wildman–Crippen LogP) is 4.51. The van der Waals surface area contributed by atoms with Crippen molar-refractivity contribution in [3.63, 3.8) is 0 Å². The van der Waals surface area contributed by atoms with Crippen molar-refractivity contribution in [1.29, 1.82) is 0 Å². The molecule has 2 heteroatoms. The molecule has 2 nitrogen and oxygen atoms in total. The maximum Gasteiger partial charge on any atom is 0.146 e. The number of ketones is 1. The molecule has 1 aromatic rings. The zero-order valence-corrected chi connectivity index (χ0v) is 13.3. The zero-order valence-electron chi connectivity index (χ0n) is 13.3. The summed E-state index contributed by atoms with van der Waals surface area (Å²) in [5.41, 5.74) is 1.20. The minimum absolute atomic E-state index is 0.0467. The number of hydrogen-bond acceptors (Lipinski definition) is 2. The van der Waals surface area contributed by atoms with E-state index in [-0.39, 0.29) is 16.9 Å². The number of rotatable bonds is 4. The minimum atomic E-state index is -0.247. The van der Waals surface area contributed by atoms with E-state index >= 15 is 0 Å². The second-order valence-corrected chi connectivity index (χ2v) is 6.87. The molecule has 0 amide bonds. The third-order valence-electron chi connectivity index (χ3n) is 4.80. The first kappa shape index (κ1) is 15.1. The summed E-state index contributed by atoms with van der Waals surface area (Å²) in [6, 6.07) is 8.30. The Labute approximate surface area is 122 Å². The van der Waals surface area contributed by atoms with Crippen molar-refractivity contribution >= 4 is 5.78 Å². The summed E-state index contributed by atoms with van der Waals surface area (Å²) < 4.78 is 6.07. The van der Waals surface area contributed by atoms with Gasteiger partial charge in [0.2, 0.25) is 0 Å². The smallest absolute Gasteiger partial charge is 0.146 e. The molecule has 0 aliphatic heterocycles. The van der Waals surface area contributed by atoms with Crippen molar-refractivity contribution < 1.29 is 9.53 Å². The van der Waals surface area contributed by atoms with E-state index in [1.807, 2.05) is 12.1 Å². The largest absolute Gasteiger partial charge is 0.489 e. The topological polar surface area (TPSA) is 26.3 Å². The SMILES string of the molecule is CCC1(CC)C(=O)CC1Oc1ccc(C(C)(C)C)cc1. The van der Waals surface area contributed by atoms with Crippen LogP contribution >= 0.6 is 0 Å². The van der Waals surface area contributed by atoms with Crippen LogP contribution in [0.2, 0.25) is 0 Å².